The summed E-state index contributed by atoms with van der Waals surface area (Å²) in [6.45, 7) is 4.99. The van der Waals surface area contributed by atoms with E-state index in [1.807, 2.05) is 41.0 Å². The predicted octanol–water partition coefficient (Wildman–Crippen LogP) is 1.20. The molecule has 1 aliphatic heterocycles. The van der Waals surface area contributed by atoms with Crippen molar-refractivity contribution in [2.45, 2.75) is 19.8 Å². The van der Waals surface area contributed by atoms with Crippen LogP contribution in [0.25, 0.3) is 0 Å². The number of rotatable bonds is 6. The average Bonchev–Trinajstić information content (AvgIpc) is 2.80. The van der Waals surface area contributed by atoms with Crippen molar-refractivity contribution < 1.29 is 14.3 Å². The molecule has 0 atom stereocenters. The van der Waals surface area contributed by atoms with Crippen molar-refractivity contribution in [2.24, 2.45) is 5.73 Å². The number of allylic oxidation sites excluding steroid dienone is 1. The third-order valence-corrected chi connectivity index (χ3v) is 4.31. The van der Waals surface area contributed by atoms with Gasteiger partial charge in [0, 0.05) is 32.3 Å². The van der Waals surface area contributed by atoms with E-state index >= 15 is 0 Å². The number of carbonyl (C=O) groups is 2. The first-order valence-corrected chi connectivity index (χ1v) is 8.58. The van der Waals surface area contributed by atoms with E-state index in [0.29, 0.717) is 26.1 Å². The minimum atomic E-state index is -0.327. The van der Waals surface area contributed by atoms with Crippen LogP contribution in [-0.2, 0) is 16.0 Å². The van der Waals surface area contributed by atoms with E-state index in [1.54, 1.807) is 13.2 Å². The molecule has 25 heavy (non-hydrogen) atoms. The average molecular weight is 345 g/mol. The third-order valence-electron chi connectivity index (χ3n) is 4.31. The summed E-state index contributed by atoms with van der Waals surface area (Å²) in [6.07, 6.45) is 3.23. The van der Waals surface area contributed by atoms with Crippen LogP contribution in [0.3, 0.4) is 0 Å². The highest BCUT2D eigenvalue weighted by Crippen LogP contribution is 2.20. The second-order valence-corrected chi connectivity index (χ2v) is 6.40. The molecule has 0 aliphatic carbocycles. The molecule has 0 spiro atoms. The fourth-order valence-corrected chi connectivity index (χ4v) is 3.07. The van der Waals surface area contributed by atoms with Gasteiger partial charge in [-0.05, 0) is 31.4 Å². The first-order valence-electron chi connectivity index (χ1n) is 8.58. The summed E-state index contributed by atoms with van der Waals surface area (Å²) in [5.74, 6) is 0.528. The standard InChI is InChI=1S/C19H27N3O3/c1-15(12-16-6-3-4-7-17(16)25-2)13-19(24)22-9-5-8-21(10-11-22)14-18(20)23/h3-4,6-7,13H,5,8-12,14H2,1-2H3,(H2,20,23). The summed E-state index contributed by atoms with van der Waals surface area (Å²) in [5.41, 5.74) is 7.31. The van der Waals surface area contributed by atoms with Crippen LogP contribution in [-0.4, -0.2) is 61.4 Å². The first kappa shape index (κ1) is 19.0. The molecule has 1 aliphatic rings. The summed E-state index contributed by atoms with van der Waals surface area (Å²) >= 11 is 0. The van der Waals surface area contributed by atoms with Gasteiger partial charge >= 0.3 is 0 Å². The number of nitrogens with zero attached hydrogens (tertiary/aromatic N) is 2. The van der Waals surface area contributed by atoms with Gasteiger partial charge in [0.25, 0.3) is 0 Å². The van der Waals surface area contributed by atoms with Crippen molar-refractivity contribution in [1.29, 1.82) is 0 Å². The molecule has 1 aromatic rings. The first-order chi connectivity index (χ1) is 12.0. The van der Waals surface area contributed by atoms with Gasteiger partial charge in [-0.25, -0.2) is 0 Å². The van der Waals surface area contributed by atoms with Gasteiger partial charge in [0.2, 0.25) is 11.8 Å². The number of para-hydroxylation sites is 1. The number of carbonyl (C=O) groups excluding carboxylic acids is 2. The topological polar surface area (TPSA) is 75.9 Å². The quantitative estimate of drug-likeness (QED) is 0.786. The Kier molecular flexibility index (Phi) is 7.01. The zero-order valence-corrected chi connectivity index (χ0v) is 15.0. The number of ether oxygens (including phenoxy) is 1. The normalized spacial score (nSPS) is 16.4. The summed E-state index contributed by atoms with van der Waals surface area (Å²) < 4.78 is 5.36. The Balaban J connectivity index is 1.95. The van der Waals surface area contributed by atoms with Crippen molar-refractivity contribution in [3.63, 3.8) is 0 Å². The minimum Gasteiger partial charge on any atom is -0.496 e. The van der Waals surface area contributed by atoms with Crippen LogP contribution in [0.1, 0.15) is 18.9 Å². The number of nitrogens with two attached hydrogens (primary N) is 1. The van der Waals surface area contributed by atoms with Gasteiger partial charge in [-0.3, -0.25) is 14.5 Å². The molecule has 0 saturated carbocycles. The lowest BCUT2D eigenvalue weighted by Gasteiger charge is -2.20. The largest absolute Gasteiger partial charge is 0.496 e. The van der Waals surface area contributed by atoms with Crippen LogP contribution in [0.5, 0.6) is 5.75 Å². The molecular formula is C19H27N3O3. The van der Waals surface area contributed by atoms with Crippen LogP contribution >= 0.6 is 0 Å². The summed E-state index contributed by atoms with van der Waals surface area (Å²) in [4.78, 5) is 27.4. The number of benzene rings is 1. The fraction of sp³-hybridized carbons (Fsp3) is 0.474. The summed E-state index contributed by atoms with van der Waals surface area (Å²) in [7, 11) is 1.65. The van der Waals surface area contributed by atoms with Crippen molar-refractivity contribution in [3.8, 4) is 5.75 Å². The van der Waals surface area contributed by atoms with E-state index in [2.05, 4.69) is 0 Å². The number of hydrogen-bond acceptors (Lipinski definition) is 4. The molecule has 1 fully saturated rings. The lowest BCUT2D eigenvalue weighted by molar-refractivity contribution is -0.125. The number of primary amides is 1. The maximum absolute atomic E-state index is 12.5. The van der Waals surface area contributed by atoms with Gasteiger partial charge in [-0.15, -0.1) is 0 Å². The zero-order chi connectivity index (χ0) is 18.2. The van der Waals surface area contributed by atoms with E-state index in [0.717, 1.165) is 29.9 Å². The minimum absolute atomic E-state index is 0.0216. The van der Waals surface area contributed by atoms with E-state index in [4.69, 9.17) is 10.5 Å². The van der Waals surface area contributed by atoms with E-state index < -0.39 is 0 Å². The molecule has 2 N–H and O–H groups in total. The van der Waals surface area contributed by atoms with E-state index in [-0.39, 0.29) is 18.4 Å². The van der Waals surface area contributed by atoms with Crippen molar-refractivity contribution >= 4 is 11.8 Å². The molecular weight excluding hydrogens is 318 g/mol. The van der Waals surface area contributed by atoms with Gasteiger partial charge in [-0.1, -0.05) is 23.8 Å². The Hall–Kier alpha value is -2.34. The molecule has 0 bridgehead atoms. The zero-order valence-electron chi connectivity index (χ0n) is 15.0. The molecule has 1 saturated heterocycles. The Morgan fingerprint density at radius 1 is 1.20 bits per heavy atom. The smallest absolute Gasteiger partial charge is 0.246 e. The number of methoxy groups -OCH3 is 1. The summed E-state index contributed by atoms with van der Waals surface area (Å²) in [6, 6.07) is 7.83. The van der Waals surface area contributed by atoms with Crippen LogP contribution in [0.4, 0.5) is 0 Å². The van der Waals surface area contributed by atoms with Crippen LogP contribution < -0.4 is 10.5 Å². The van der Waals surface area contributed by atoms with Crippen LogP contribution in [0.15, 0.2) is 35.9 Å². The highest BCUT2D eigenvalue weighted by Gasteiger charge is 2.18. The second kappa shape index (κ2) is 9.22. The number of amides is 2. The van der Waals surface area contributed by atoms with Crippen molar-refractivity contribution in [2.75, 3.05) is 39.8 Å². The fourth-order valence-electron chi connectivity index (χ4n) is 3.07. The molecule has 6 heteroatoms. The lowest BCUT2D eigenvalue weighted by atomic mass is 10.0. The molecule has 2 rings (SSSR count). The van der Waals surface area contributed by atoms with Gasteiger partial charge in [0.05, 0.1) is 13.7 Å². The van der Waals surface area contributed by atoms with Gasteiger partial charge in [-0.2, -0.15) is 0 Å². The number of hydrogen-bond donors (Lipinski definition) is 1. The predicted molar refractivity (Wildman–Crippen MR) is 97.3 cm³/mol. The monoisotopic (exact) mass is 345 g/mol. The lowest BCUT2D eigenvalue weighted by Crippen LogP contribution is -2.37. The second-order valence-electron chi connectivity index (χ2n) is 6.40. The molecule has 0 aromatic heterocycles. The van der Waals surface area contributed by atoms with Crippen LogP contribution in [0, 0.1) is 0 Å². The van der Waals surface area contributed by atoms with Crippen molar-refractivity contribution in [1.82, 2.24) is 9.80 Å². The van der Waals surface area contributed by atoms with Gasteiger partial charge < -0.3 is 15.4 Å². The Labute approximate surface area is 149 Å². The Morgan fingerprint density at radius 3 is 2.68 bits per heavy atom. The van der Waals surface area contributed by atoms with E-state index in [9.17, 15) is 9.59 Å². The molecule has 1 aromatic carbocycles. The maximum atomic E-state index is 12.5. The highest BCUT2D eigenvalue weighted by atomic mass is 16.5. The molecule has 0 unspecified atom stereocenters. The third kappa shape index (κ3) is 5.90. The highest BCUT2D eigenvalue weighted by molar-refractivity contribution is 5.88. The molecule has 136 valence electrons. The van der Waals surface area contributed by atoms with Gasteiger partial charge in [0.1, 0.15) is 5.75 Å². The maximum Gasteiger partial charge on any atom is 0.246 e. The Morgan fingerprint density at radius 2 is 1.96 bits per heavy atom. The van der Waals surface area contributed by atoms with Crippen LogP contribution in [0.2, 0.25) is 0 Å². The molecule has 1 heterocycles. The summed E-state index contributed by atoms with van der Waals surface area (Å²) in [5, 5.41) is 0. The molecule has 6 nitrogen and oxygen atoms in total. The van der Waals surface area contributed by atoms with Crippen molar-refractivity contribution in [3.05, 3.63) is 41.5 Å². The van der Waals surface area contributed by atoms with Gasteiger partial charge in [0.15, 0.2) is 0 Å². The SMILES string of the molecule is COc1ccccc1CC(C)=CC(=O)N1CCCN(CC(N)=O)CC1. The van der Waals surface area contributed by atoms with E-state index in [1.165, 1.54) is 0 Å². The molecule has 0 radical (unpaired) electrons. The Bertz CT molecular complexity index is 643. The molecule has 2 amide bonds.